The van der Waals surface area contributed by atoms with Gasteiger partial charge in [0.2, 0.25) is 0 Å². The van der Waals surface area contributed by atoms with Crippen LogP contribution in [0.25, 0.3) is 0 Å². The summed E-state index contributed by atoms with van der Waals surface area (Å²) in [5, 5.41) is 3.34. The van der Waals surface area contributed by atoms with E-state index in [4.69, 9.17) is 4.74 Å². The van der Waals surface area contributed by atoms with Gasteiger partial charge in [-0.15, -0.1) is 0 Å². The van der Waals surface area contributed by atoms with Crippen LogP contribution in [0.2, 0.25) is 0 Å². The van der Waals surface area contributed by atoms with Crippen LogP contribution >= 0.6 is 0 Å². The van der Waals surface area contributed by atoms with Gasteiger partial charge in [0.05, 0.1) is 0 Å². The van der Waals surface area contributed by atoms with Crippen LogP contribution < -0.4 is 10.1 Å². The molecule has 3 rings (SSSR count). The first-order chi connectivity index (χ1) is 10.2. The van der Waals surface area contributed by atoms with Crippen LogP contribution in [-0.4, -0.2) is 6.04 Å². The molecule has 2 aromatic carbocycles. The van der Waals surface area contributed by atoms with Crippen molar-refractivity contribution >= 4 is 0 Å². The molecule has 0 heterocycles. The summed E-state index contributed by atoms with van der Waals surface area (Å²) in [6, 6.07) is 11.4. The van der Waals surface area contributed by atoms with Crippen LogP contribution in [-0.2, 0) is 13.2 Å². The Bertz CT molecular complexity index is 626. The Labute approximate surface area is 122 Å². The van der Waals surface area contributed by atoms with E-state index in [1.165, 1.54) is 37.1 Å². The number of nitrogens with one attached hydrogen (secondary N) is 1. The number of ether oxygens (including phenoxy) is 1. The number of halogens is 2. The van der Waals surface area contributed by atoms with Crippen LogP contribution in [0.1, 0.15) is 24.0 Å². The van der Waals surface area contributed by atoms with Crippen molar-refractivity contribution in [3.05, 3.63) is 65.2 Å². The van der Waals surface area contributed by atoms with Gasteiger partial charge in [-0.2, -0.15) is 0 Å². The van der Waals surface area contributed by atoms with Gasteiger partial charge in [0.25, 0.3) is 0 Å². The second-order valence-corrected chi connectivity index (χ2v) is 5.37. The SMILES string of the molecule is Fc1cccc(COc2cc(F)cc(CNC3CC3)c2)c1. The number of rotatable bonds is 6. The van der Waals surface area contributed by atoms with Gasteiger partial charge >= 0.3 is 0 Å². The molecule has 1 aliphatic rings. The molecule has 1 saturated carbocycles. The zero-order valence-electron chi connectivity index (χ0n) is 11.6. The first-order valence-electron chi connectivity index (χ1n) is 7.09. The first-order valence-corrected chi connectivity index (χ1v) is 7.09. The molecule has 1 N–H and O–H groups in total. The molecule has 1 fully saturated rings. The van der Waals surface area contributed by atoms with Crippen molar-refractivity contribution in [3.63, 3.8) is 0 Å². The van der Waals surface area contributed by atoms with Gasteiger partial charge in [0.1, 0.15) is 24.0 Å². The fourth-order valence-electron chi connectivity index (χ4n) is 2.15. The second kappa shape index (κ2) is 6.22. The lowest BCUT2D eigenvalue weighted by molar-refractivity contribution is 0.303. The molecule has 0 saturated heterocycles. The summed E-state index contributed by atoms with van der Waals surface area (Å²) in [6.07, 6.45) is 2.39. The average molecular weight is 289 g/mol. The van der Waals surface area contributed by atoms with E-state index in [1.54, 1.807) is 12.1 Å². The Morgan fingerprint density at radius 3 is 2.57 bits per heavy atom. The quantitative estimate of drug-likeness (QED) is 0.873. The topological polar surface area (TPSA) is 21.3 Å². The van der Waals surface area contributed by atoms with Crippen molar-refractivity contribution in [2.24, 2.45) is 0 Å². The molecule has 0 spiro atoms. The fraction of sp³-hybridized carbons (Fsp3) is 0.294. The van der Waals surface area contributed by atoms with E-state index >= 15 is 0 Å². The van der Waals surface area contributed by atoms with Gasteiger partial charge in [-0.1, -0.05) is 12.1 Å². The van der Waals surface area contributed by atoms with Crippen LogP contribution in [0.15, 0.2) is 42.5 Å². The van der Waals surface area contributed by atoms with Gasteiger partial charge in [-0.3, -0.25) is 0 Å². The van der Waals surface area contributed by atoms with E-state index in [9.17, 15) is 8.78 Å². The zero-order chi connectivity index (χ0) is 14.7. The van der Waals surface area contributed by atoms with Gasteiger partial charge in [-0.25, -0.2) is 8.78 Å². The minimum absolute atomic E-state index is 0.219. The molecule has 0 atom stereocenters. The van der Waals surface area contributed by atoms with Crippen LogP contribution in [0.5, 0.6) is 5.75 Å². The second-order valence-electron chi connectivity index (χ2n) is 5.37. The van der Waals surface area contributed by atoms with Crippen molar-refractivity contribution in [2.45, 2.75) is 32.0 Å². The predicted octanol–water partition coefficient (Wildman–Crippen LogP) is 3.80. The van der Waals surface area contributed by atoms with Crippen molar-refractivity contribution in [2.75, 3.05) is 0 Å². The van der Waals surface area contributed by atoms with Gasteiger partial charge in [-0.05, 0) is 48.2 Å². The summed E-state index contributed by atoms with van der Waals surface area (Å²) in [5.41, 5.74) is 1.58. The minimum atomic E-state index is -0.320. The minimum Gasteiger partial charge on any atom is -0.489 e. The summed E-state index contributed by atoms with van der Waals surface area (Å²) >= 11 is 0. The average Bonchev–Trinajstić information content (AvgIpc) is 3.27. The number of benzene rings is 2. The lowest BCUT2D eigenvalue weighted by atomic mass is 10.2. The highest BCUT2D eigenvalue weighted by Gasteiger charge is 2.20. The van der Waals surface area contributed by atoms with E-state index in [0.717, 1.165) is 11.1 Å². The van der Waals surface area contributed by atoms with E-state index < -0.39 is 0 Å². The third-order valence-electron chi connectivity index (χ3n) is 3.40. The molecule has 0 bridgehead atoms. The number of hydrogen-bond donors (Lipinski definition) is 1. The molecule has 2 aromatic rings. The van der Waals surface area contributed by atoms with Gasteiger partial charge in [0.15, 0.2) is 0 Å². The Balaban J connectivity index is 1.63. The Morgan fingerprint density at radius 2 is 1.81 bits per heavy atom. The van der Waals surface area contributed by atoms with E-state index in [0.29, 0.717) is 18.3 Å². The fourth-order valence-corrected chi connectivity index (χ4v) is 2.15. The molecular formula is C17H17F2NO. The largest absolute Gasteiger partial charge is 0.489 e. The molecular weight excluding hydrogens is 272 g/mol. The maximum Gasteiger partial charge on any atom is 0.127 e. The smallest absolute Gasteiger partial charge is 0.127 e. The van der Waals surface area contributed by atoms with Crippen LogP contribution in [0.4, 0.5) is 8.78 Å². The molecule has 21 heavy (non-hydrogen) atoms. The third kappa shape index (κ3) is 4.26. The first kappa shape index (κ1) is 14.0. The highest BCUT2D eigenvalue weighted by Crippen LogP contribution is 2.21. The lowest BCUT2D eigenvalue weighted by Crippen LogP contribution is -2.15. The highest BCUT2D eigenvalue weighted by molar-refractivity contribution is 5.30. The molecule has 4 heteroatoms. The van der Waals surface area contributed by atoms with Crippen LogP contribution in [0, 0.1) is 11.6 Å². The predicted molar refractivity (Wildman–Crippen MR) is 77.0 cm³/mol. The van der Waals surface area contributed by atoms with Crippen molar-refractivity contribution in [3.8, 4) is 5.75 Å². The molecule has 2 nitrogen and oxygen atoms in total. The molecule has 1 aliphatic carbocycles. The summed E-state index contributed by atoms with van der Waals surface area (Å²) in [4.78, 5) is 0. The maximum atomic E-state index is 13.6. The van der Waals surface area contributed by atoms with Crippen molar-refractivity contribution < 1.29 is 13.5 Å². The van der Waals surface area contributed by atoms with E-state index in [-0.39, 0.29) is 18.2 Å². The summed E-state index contributed by atoms with van der Waals surface area (Å²) in [7, 11) is 0. The highest BCUT2D eigenvalue weighted by atomic mass is 19.1. The molecule has 0 unspecified atom stereocenters. The van der Waals surface area contributed by atoms with Crippen molar-refractivity contribution in [1.82, 2.24) is 5.32 Å². The number of hydrogen-bond acceptors (Lipinski definition) is 2. The molecule has 0 radical (unpaired) electrons. The third-order valence-corrected chi connectivity index (χ3v) is 3.40. The summed E-state index contributed by atoms with van der Waals surface area (Å²) in [5.74, 6) is -0.157. The molecule has 0 amide bonds. The monoisotopic (exact) mass is 289 g/mol. The van der Waals surface area contributed by atoms with Gasteiger partial charge in [0, 0.05) is 18.7 Å². The maximum absolute atomic E-state index is 13.6. The van der Waals surface area contributed by atoms with Crippen LogP contribution in [0.3, 0.4) is 0 Å². The normalized spacial score (nSPS) is 14.2. The van der Waals surface area contributed by atoms with E-state index in [1.807, 2.05) is 6.07 Å². The Morgan fingerprint density at radius 1 is 1.00 bits per heavy atom. The lowest BCUT2D eigenvalue weighted by Gasteiger charge is -2.09. The summed E-state index contributed by atoms with van der Waals surface area (Å²) in [6.45, 7) is 0.857. The standard InChI is InChI=1S/C17H17F2NO/c18-14-3-1-2-12(6-14)11-21-17-8-13(7-15(19)9-17)10-20-16-4-5-16/h1-3,6-9,16,20H,4-5,10-11H2. The van der Waals surface area contributed by atoms with Crippen molar-refractivity contribution in [1.29, 1.82) is 0 Å². The molecule has 0 aliphatic heterocycles. The van der Waals surface area contributed by atoms with E-state index in [2.05, 4.69) is 5.32 Å². The van der Waals surface area contributed by atoms with Gasteiger partial charge < -0.3 is 10.1 Å². The Hall–Kier alpha value is -1.94. The zero-order valence-corrected chi connectivity index (χ0v) is 11.6. The Kier molecular flexibility index (Phi) is 4.15. The molecule has 0 aromatic heterocycles. The molecule has 110 valence electrons. The summed E-state index contributed by atoms with van der Waals surface area (Å²) < 4.78 is 32.2.